The summed E-state index contributed by atoms with van der Waals surface area (Å²) in [5, 5.41) is 9.65. The van der Waals surface area contributed by atoms with Crippen molar-refractivity contribution in [1.82, 2.24) is 0 Å². The van der Waals surface area contributed by atoms with E-state index in [2.05, 4.69) is 20.9 Å². The summed E-state index contributed by atoms with van der Waals surface area (Å²) in [6, 6.07) is 12.8. The van der Waals surface area contributed by atoms with Crippen LogP contribution in [0.15, 0.2) is 51.9 Å². The SMILES string of the molecule is Nc1ccccc1CN=Cc1cc(Br)ccc1O. The minimum absolute atomic E-state index is 0.211. The van der Waals surface area contributed by atoms with E-state index < -0.39 is 0 Å². The van der Waals surface area contributed by atoms with Gasteiger partial charge in [0.05, 0.1) is 6.54 Å². The Bertz CT molecular complexity index is 582. The highest BCUT2D eigenvalue weighted by Crippen LogP contribution is 2.20. The third kappa shape index (κ3) is 3.11. The van der Waals surface area contributed by atoms with E-state index in [-0.39, 0.29) is 5.75 Å². The Balaban J connectivity index is 2.12. The molecule has 0 radical (unpaired) electrons. The molecule has 0 aliphatic carbocycles. The normalized spacial score (nSPS) is 10.9. The number of hydrogen-bond acceptors (Lipinski definition) is 3. The van der Waals surface area contributed by atoms with Crippen molar-refractivity contribution < 1.29 is 5.11 Å². The van der Waals surface area contributed by atoms with Crippen molar-refractivity contribution in [3.05, 3.63) is 58.1 Å². The van der Waals surface area contributed by atoms with Gasteiger partial charge in [-0.25, -0.2) is 0 Å². The van der Waals surface area contributed by atoms with Crippen LogP contribution in [0.3, 0.4) is 0 Å². The van der Waals surface area contributed by atoms with Crippen molar-refractivity contribution in [3.63, 3.8) is 0 Å². The summed E-state index contributed by atoms with van der Waals surface area (Å²) < 4.78 is 0.904. The molecule has 4 heteroatoms. The highest BCUT2D eigenvalue weighted by atomic mass is 79.9. The number of nitrogen functional groups attached to an aromatic ring is 1. The van der Waals surface area contributed by atoms with Crippen molar-refractivity contribution in [2.75, 3.05) is 5.73 Å². The summed E-state index contributed by atoms with van der Waals surface area (Å²) in [6.45, 7) is 0.499. The maximum Gasteiger partial charge on any atom is 0.124 e. The minimum Gasteiger partial charge on any atom is -0.507 e. The molecule has 0 fully saturated rings. The van der Waals surface area contributed by atoms with Crippen molar-refractivity contribution in [1.29, 1.82) is 0 Å². The summed E-state index contributed by atoms with van der Waals surface area (Å²) >= 11 is 3.35. The van der Waals surface area contributed by atoms with Crippen LogP contribution < -0.4 is 5.73 Å². The van der Waals surface area contributed by atoms with Crippen molar-refractivity contribution in [2.24, 2.45) is 4.99 Å². The van der Waals surface area contributed by atoms with Gasteiger partial charge in [-0.3, -0.25) is 4.99 Å². The fourth-order valence-corrected chi connectivity index (χ4v) is 1.93. The van der Waals surface area contributed by atoms with Crippen LogP contribution in [-0.4, -0.2) is 11.3 Å². The van der Waals surface area contributed by atoms with E-state index in [0.29, 0.717) is 12.1 Å². The Morgan fingerprint density at radius 2 is 2.00 bits per heavy atom. The van der Waals surface area contributed by atoms with Crippen LogP contribution in [0.1, 0.15) is 11.1 Å². The van der Waals surface area contributed by atoms with Crippen molar-refractivity contribution >= 4 is 27.8 Å². The summed E-state index contributed by atoms with van der Waals surface area (Å²) in [7, 11) is 0. The van der Waals surface area contributed by atoms with Gasteiger partial charge in [-0.05, 0) is 29.8 Å². The first-order valence-electron chi connectivity index (χ1n) is 5.48. The fraction of sp³-hybridized carbons (Fsp3) is 0.0714. The number of phenolic OH excluding ortho intramolecular Hbond substituents is 1. The zero-order valence-electron chi connectivity index (χ0n) is 9.68. The fourth-order valence-electron chi connectivity index (χ4n) is 1.55. The van der Waals surface area contributed by atoms with Crippen LogP contribution in [0.5, 0.6) is 5.75 Å². The van der Waals surface area contributed by atoms with E-state index in [1.54, 1.807) is 18.3 Å². The number of para-hydroxylation sites is 1. The van der Waals surface area contributed by atoms with Gasteiger partial charge in [0.15, 0.2) is 0 Å². The molecule has 0 aliphatic heterocycles. The molecule has 0 saturated heterocycles. The quantitative estimate of drug-likeness (QED) is 0.675. The molecule has 0 aromatic heterocycles. The number of halogens is 1. The molecule has 0 spiro atoms. The molecule has 0 atom stereocenters. The van der Waals surface area contributed by atoms with Gasteiger partial charge < -0.3 is 10.8 Å². The Hall–Kier alpha value is -1.81. The highest BCUT2D eigenvalue weighted by Gasteiger charge is 1.99. The number of phenols is 1. The number of anilines is 1. The Morgan fingerprint density at radius 3 is 2.78 bits per heavy atom. The lowest BCUT2D eigenvalue weighted by Gasteiger charge is -2.02. The molecule has 2 rings (SSSR count). The van der Waals surface area contributed by atoms with Crippen LogP contribution in [0.2, 0.25) is 0 Å². The predicted molar refractivity (Wildman–Crippen MR) is 78.0 cm³/mol. The Kier molecular flexibility index (Phi) is 3.99. The van der Waals surface area contributed by atoms with Crippen LogP contribution >= 0.6 is 15.9 Å². The number of nitrogens with zero attached hydrogens (tertiary/aromatic N) is 1. The van der Waals surface area contributed by atoms with E-state index in [0.717, 1.165) is 15.7 Å². The highest BCUT2D eigenvalue weighted by molar-refractivity contribution is 9.10. The van der Waals surface area contributed by atoms with E-state index in [4.69, 9.17) is 5.73 Å². The molecule has 3 N–H and O–H groups in total. The summed E-state index contributed by atoms with van der Waals surface area (Å²) in [4.78, 5) is 4.29. The molecule has 0 aliphatic rings. The number of nitrogens with two attached hydrogens (primary N) is 1. The number of hydrogen-bond donors (Lipinski definition) is 2. The largest absolute Gasteiger partial charge is 0.507 e. The molecule has 3 nitrogen and oxygen atoms in total. The smallest absolute Gasteiger partial charge is 0.124 e. The molecule has 18 heavy (non-hydrogen) atoms. The maximum atomic E-state index is 9.65. The molecular formula is C14H13BrN2O. The summed E-state index contributed by atoms with van der Waals surface area (Å²) in [6.07, 6.45) is 1.65. The van der Waals surface area contributed by atoms with Crippen LogP contribution in [0.25, 0.3) is 0 Å². The standard InChI is InChI=1S/C14H13BrN2O/c15-12-5-6-14(18)11(7-12)9-17-8-10-3-1-2-4-13(10)16/h1-7,9,18H,8,16H2. The molecule has 0 amide bonds. The molecule has 92 valence electrons. The molecule has 2 aromatic rings. The third-order valence-corrected chi connectivity index (χ3v) is 3.03. The second-order valence-corrected chi connectivity index (χ2v) is 4.79. The van der Waals surface area contributed by atoms with E-state index in [1.165, 1.54) is 0 Å². The Morgan fingerprint density at radius 1 is 1.22 bits per heavy atom. The first-order chi connectivity index (χ1) is 8.66. The van der Waals surface area contributed by atoms with Gasteiger partial charge in [-0.2, -0.15) is 0 Å². The maximum absolute atomic E-state index is 9.65. The van der Waals surface area contributed by atoms with Gasteiger partial charge in [0, 0.05) is 21.9 Å². The second-order valence-electron chi connectivity index (χ2n) is 3.87. The first-order valence-corrected chi connectivity index (χ1v) is 6.28. The number of aromatic hydroxyl groups is 1. The van der Waals surface area contributed by atoms with Crippen LogP contribution in [0.4, 0.5) is 5.69 Å². The first kappa shape index (κ1) is 12.6. The molecule has 0 saturated carbocycles. The minimum atomic E-state index is 0.211. The number of benzene rings is 2. The van der Waals surface area contributed by atoms with Crippen molar-refractivity contribution in [3.8, 4) is 5.75 Å². The topological polar surface area (TPSA) is 58.6 Å². The lowest BCUT2D eigenvalue weighted by molar-refractivity contribution is 0.474. The van der Waals surface area contributed by atoms with Crippen LogP contribution in [-0.2, 0) is 6.54 Å². The zero-order chi connectivity index (χ0) is 13.0. The molecule has 0 unspecified atom stereocenters. The predicted octanol–water partition coefficient (Wildman–Crippen LogP) is 3.36. The number of aliphatic imine (C=N–C) groups is 1. The van der Waals surface area contributed by atoms with E-state index >= 15 is 0 Å². The summed E-state index contributed by atoms with van der Waals surface area (Å²) in [5.74, 6) is 0.211. The van der Waals surface area contributed by atoms with E-state index in [1.807, 2.05) is 30.3 Å². The van der Waals surface area contributed by atoms with Gasteiger partial charge in [0.2, 0.25) is 0 Å². The lowest BCUT2D eigenvalue weighted by Crippen LogP contribution is -1.92. The second kappa shape index (κ2) is 5.69. The molecule has 0 heterocycles. The van der Waals surface area contributed by atoms with Gasteiger partial charge in [-0.1, -0.05) is 34.1 Å². The third-order valence-electron chi connectivity index (χ3n) is 2.54. The van der Waals surface area contributed by atoms with Crippen LogP contribution in [0, 0.1) is 0 Å². The summed E-state index contributed by atoms with van der Waals surface area (Å²) in [5.41, 5.74) is 8.21. The molecule has 2 aromatic carbocycles. The molecule has 0 bridgehead atoms. The average molecular weight is 305 g/mol. The van der Waals surface area contributed by atoms with E-state index in [9.17, 15) is 5.11 Å². The molecular weight excluding hydrogens is 292 g/mol. The monoisotopic (exact) mass is 304 g/mol. The Labute approximate surface area is 114 Å². The van der Waals surface area contributed by atoms with Gasteiger partial charge in [0.1, 0.15) is 5.75 Å². The van der Waals surface area contributed by atoms with Gasteiger partial charge in [0.25, 0.3) is 0 Å². The lowest BCUT2D eigenvalue weighted by atomic mass is 10.2. The van der Waals surface area contributed by atoms with Gasteiger partial charge in [-0.15, -0.1) is 0 Å². The zero-order valence-corrected chi connectivity index (χ0v) is 11.3. The number of rotatable bonds is 3. The van der Waals surface area contributed by atoms with Gasteiger partial charge >= 0.3 is 0 Å². The average Bonchev–Trinajstić information content (AvgIpc) is 2.36. The van der Waals surface area contributed by atoms with Crippen molar-refractivity contribution in [2.45, 2.75) is 6.54 Å².